The fraction of sp³-hybridized carbons (Fsp3) is 0.480. The Bertz CT molecular complexity index is 950. The van der Waals surface area contributed by atoms with Crippen LogP contribution in [-0.2, 0) is 16.6 Å². The van der Waals surface area contributed by atoms with E-state index in [1.54, 1.807) is 0 Å². The number of hydrogen-bond donors (Lipinski definition) is 1. The lowest BCUT2D eigenvalue weighted by atomic mass is 9.66. The molecule has 1 saturated carbocycles. The summed E-state index contributed by atoms with van der Waals surface area (Å²) < 4.78 is 0. The maximum absolute atomic E-state index is 13.6. The van der Waals surface area contributed by atoms with E-state index >= 15 is 0 Å². The van der Waals surface area contributed by atoms with Crippen LogP contribution in [0.4, 0.5) is 0 Å². The second kappa shape index (κ2) is 8.18. The summed E-state index contributed by atoms with van der Waals surface area (Å²) in [4.78, 5) is 15.8. The molecule has 0 bridgehead atoms. The van der Waals surface area contributed by atoms with Gasteiger partial charge < -0.3 is 10.2 Å². The number of nitrogens with zero attached hydrogens (tertiary/aromatic N) is 1. The largest absolute Gasteiger partial charge is 0.334 e. The van der Waals surface area contributed by atoms with E-state index in [-0.39, 0.29) is 17.4 Å². The van der Waals surface area contributed by atoms with Crippen LogP contribution >= 0.6 is 23.2 Å². The predicted octanol–water partition coefficient (Wildman–Crippen LogP) is 5.54. The molecule has 1 spiro atoms. The highest BCUT2D eigenvalue weighted by molar-refractivity contribution is 6.42. The van der Waals surface area contributed by atoms with E-state index < -0.39 is 0 Å². The second-order valence-corrected chi connectivity index (χ2v) is 9.99. The first-order valence-electron chi connectivity index (χ1n) is 11.1. The van der Waals surface area contributed by atoms with Gasteiger partial charge in [0.25, 0.3) is 0 Å². The molecule has 30 heavy (non-hydrogen) atoms. The van der Waals surface area contributed by atoms with Gasteiger partial charge in [0.15, 0.2) is 0 Å². The molecule has 1 amide bonds. The quantitative estimate of drug-likeness (QED) is 0.676. The van der Waals surface area contributed by atoms with Crippen molar-refractivity contribution in [2.75, 3.05) is 19.6 Å². The summed E-state index contributed by atoms with van der Waals surface area (Å²) in [7, 11) is 0. The normalized spacial score (nSPS) is 23.1. The molecule has 1 N–H and O–H groups in total. The molecule has 1 saturated heterocycles. The average Bonchev–Trinajstić information content (AvgIpc) is 2.72. The lowest BCUT2D eigenvalue weighted by Gasteiger charge is -2.51. The number of carbonyl (C=O) groups excluding carboxylic acids is 1. The van der Waals surface area contributed by atoms with Gasteiger partial charge in [0.1, 0.15) is 0 Å². The molecule has 5 heteroatoms. The van der Waals surface area contributed by atoms with Gasteiger partial charge in [0.05, 0.1) is 16.1 Å². The fourth-order valence-corrected chi connectivity index (χ4v) is 5.84. The van der Waals surface area contributed by atoms with Gasteiger partial charge in [0.2, 0.25) is 5.91 Å². The van der Waals surface area contributed by atoms with Crippen molar-refractivity contribution in [1.82, 2.24) is 10.2 Å². The zero-order valence-electron chi connectivity index (χ0n) is 17.2. The highest BCUT2D eigenvalue weighted by atomic mass is 35.5. The monoisotopic (exact) mass is 442 g/mol. The molecule has 158 valence electrons. The van der Waals surface area contributed by atoms with Crippen molar-refractivity contribution < 1.29 is 4.79 Å². The number of nitrogens with one attached hydrogen (secondary N) is 1. The van der Waals surface area contributed by atoms with E-state index in [0.717, 1.165) is 57.3 Å². The summed E-state index contributed by atoms with van der Waals surface area (Å²) in [6, 6.07) is 14.7. The lowest BCUT2D eigenvalue weighted by Crippen LogP contribution is -2.56. The van der Waals surface area contributed by atoms with Gasteiger partial charge >= 0.3 is 0 Å². The molecular formula is C25H28Cl2N2O. The summed E-state index contributed by atoms with van der Waals surface area (Å²) in [5, 5.41) is 4.65. The van der Waals surface area contributed by atoms with Crippen molar-refractivity contribution in [3.05, 3.63) is 69.2 Å². The van der Waals surface area contributed by atoms with Crippen LogP contribution in [0.15, 0.2) is 42.5 Å². The van der Waals surface area contributed by atoms with Crippen LogP contribution in [-0.4, -0.2) is 30.4 Å². The van der Waals surface area contributed by atoms with Crippen molar-refractivity contribution >= 4 is 29.1 Å². The minimum absolute atomic E-state index is 0.0482. The third-order valence-electron chi connectivity index (χ3n) is 7.45. The second-order valence-electron chi connectivity index (χ2n) is 9.18. The van der Waals surface area contributed by atoms with Crippen LogP contribution in [0.2, 0.25) is 10.0 Å². The fourth-order valence-electron chi connectivity index (χ4n) is 5.52. The minimum Gasteiger partial charge on any atom is -0.334 e. The highest BCUT2D eigenvalue weighted by Crippen LogP contribution is 2.47. The molecule has 1 atom stereocenters. The average molecular weight is 443 g/mol. The molecule has 3 aliphatic rings. The first kappa shape index (κ1) is 20.4. The maximum Gasteiger partial charge on any atom is 0.226 e. The Morgan fingerprint density at radius 1 is 1.07 bits per heavy atom. The van der Waals surface area contributed by atoms with E-state index in [0.29, 0.717) is 16.0 Å². The molecule has 0 radical (unpaired) electrons. The minimum atomic E-state index is 0.0482. The number of halogens is 2. The van der Waals surface area contributed by atoms with Gasteiger partial charge in [-0.05, 0) is 74.0 Å². The SMILES string of the molecule is O=C(C1CCC1)N1CC2(CCNCC2)c2ccccc2[C@H]1Cc1ccc(Cl)c(Cl)c1. The Labute approximate surface area is 188 Å². The molecule has 2 heterocycles. The molecule has 2 aromatic carbocycles. The third kappa shape index (κ3) is 3.55. The summed E-state index contributed by atoms with van der Waals surface area (Å²) in [6.07, 6.45) is 6.17. The molecule has 2 fully saturated rings. The smallest absolute Gasteiger partial charge is 0.226 e. The Morgan fingerprint density at radius 2 is 1.83 bits per heavy atom. The zero-order valence-corrected chi connectivity index (χ0v) is 18.7. The first-order chi connectivity index (χ1) is 14.6. The van der Waals surface area contributed by atoms with Crippen LogP contribution < -0.4 is 5.32 Å². The Kier molecular flexibility index (Phi) is 5.55. The number of amides is 1. The summed E-state index contributed by atoms with van der Waals surface area (Å²) in [5.74, 6) is 0.545. The van der Waals surface area contributed by atoms with Crippen LogP contribution in [0.3, 0.4) is 0 Å². The summed E-state index contributed by atoms with van der Waals surface area (Å²) >= 11 is 12.5. The molecule has 2 aliphatic heterocycles. The zero-order chi connectivity index (χ0) is 20.7. The number of benzene rings is 2. The van der Waals surface area contributed by atoms with Crippen LogP contribution in [0.5, 0.6) is 0 Å². The molecule has 5 rings (SSSR count). The number of rotatable bonds is 3. The van der Waals surface area contributed by atoms with Crippen molar-refractivity contribution in [2.45, 2.75) is 50.0 Å². The van der Waals surface area contributed by atoms with E-state index in [1.807, 2.05) is 18.2 Å². The lowest BCUT2D eigenvalue weighted by molar-refractivity contribution is -0.143. The van der Waals surface area contributed by atoms with E-state index in [4.69, 9.17) is 23.2 Å². The Hall–Kier alpha value is -1.55. The summed E-state index contributed by atoms with van der Waals surface area (Å²) in [6.45, 7) is 2.85. The Balaban J connectivity index is 1.57. The molecular weight excluding hydrogens is 415 g/mol. The Morgan fingerprint density at radius 3 is 2.53 bits per heavy atom. The van der Waals surface area contributed by atoms with Crippen molar-refractivity contribution in [3.63, 3.8) is 0 Å². The van der Waals surface area contributed by atoms with E-state index in [2.05, 4.69) is 34.5 Å². The standard InChI is InChI=1S/C25H28Cl2N2O/c26-21-9-8-17(14-22(21)27)15-23-19-6-1-2-7-20(19)25(10-12-28-13-11-25)16-29(23)24(30)18-4-3-5-18/h1-2,6-9,14,18,23,28H,3-5,10-13,15-16H2/t23-/m1/s1. The van der Waals surface area contributed by atoms with Crippen LogP contribution in [0.1, 0.15) is 54.8 Å². The van der Waals surface area contributed by atoms with Gasteiger partial charge in [-0.15, -0.1) is 0 Å². The molecule has 2 aromatic rings. The summed E-state index contributed by atoms with van der Waals surface area (Å²) in [5.41, 5.74) is 3.94. The third-order valence-corrected chi connectivity index (χ3v) is 8.19. The molecule has 0 aromatic heterocycles. The van der Waals surface area contributed by atoms with Crippen molar-refractivity contribution in [3.8, 4) is 0 Å². The molecule has 3 nitrogen and oxygen atoms in total. The van der Waals surface area contributed by atoms with Gasteiger partial charge in [0, 0.05) is 17.9 Å². The number of fused-ring (bicyclic) bond motifs is 2. The van der Waals surface area contributed by atoms with E-state index in [9.17, 15) is 4.79 Å². The van der Waals surface area contributed by atoms with Crippen molar-refractivity contribution in [2.24, 2.45) is 5.92 Å². The topological polar surface area (TPSA) is 32.3 Å². The van der Waals surface area contributed by atoms with Crippen LogP contribution in [0, 0.1) is 5.92 Å². The number of hydrogen-bond acceptors (Lipinski definition) is 2. The van der Waals surface area contributed by atoms with Crippen molar-refractivity contribution in [1.29, 1.82) is 0 Å². The molecule has 1 aliphatic carbocycles. The first-order valence-corrected chi connectivity index (χ1v) is 11.9. The number of piperidine rings is 1. The van der Waals surface area contributed by atoms with Gasteiger partial charge in [-0.1, -0.05) is 60.0 Å². The highest BCUT2D eigenvalue weighted by Gasteiger charge is 2.47. The number of carbonyl (C=O) groups is 1. The molecule has 0 unspecified atom stereocenters. The predicted molar refractivity (Wildman–Crippen MR) is 122 cm³/mol. The van der Waals surface area contributed by atoms with Gasteiger partial charge in [-0.25, -0.2) is 0 Å². The maximum atomic E-state index is 13.6. The van der Waals surface area contributed by atoms with Gasteiger partial charge in [-0.3, -0.25) is 4.79 Å². The van der Waals surface area contributed by atoms with E-state index in [1.165, 1.54) is 17.5 Å². The van der Waals surface area contributed by atoms with Gasteiger partial charge in [-0.2, -0.15) is 0 Å². The van der Waals surface area contributed by atoms with Crippen LogP contribution in [0.25, 0.3) is 0 Å².